The van der Waals surface area contributed by atoms with Crippen LogP contribution in [-0.2, 0) is 0 Å². The number of aliphatic hydroxyl groups is 1. The fourth-order valence-corrected chi connectivity index (χ4v) is 1.99. The highest BCUT2D eigenvalue weighted by molar-refractivity contribution is 4.69. The summed E-state index contributed by atoms with van der Waals surface area (Å²) in [6.07, 6.45) is 5.12. The summed E-state index contributed by atoms with van der Waals surface area (Å²) in [4.78, 5) is 2.40. The number of likely N-dealkylation sites (N-methyl/N-ethyl adjacent to an activating group) is 1. The molecule has 1 rings (SSSR count). The minimum Gasteiger partial charge on any atom is -0.390 e. The van der Waals surface area contributed by atoms with Gasteiger partial charge in [0.15, 0.2) is 0 Å². The molecule has 1 aliphatic heterocycles. The normalized spacial score (nSPS) is 21.9. The number of aliphatic hydroxyl groups excluding tert-OH is 1. The van der Waals surface area contributed by atoms with Gasteiger partial charge in [-0.1, -0.05) is 19.8 Å². The fraction of sp³-hybridized carbons (Fsp3) is 1.00. The average molecular weight is 200 g/mol. The van der Waals surface area contributed by atoms with Crippen LogP contribution in [0.1, 0.15) is 32.6 Å². The number of nitrogens with zero attached hydrogens (tertiary/aromatic N) is 1. The summed E-state index contributed by atoms with van der Waals surface area (Å²) < 4.78 is 0. The van der Waals surface area contributed by atoms with Gasteiger partial charge in [-0.3, -0.25) is 0 Å². The zero-order valence-electron chi connectivity index (χ0n) is 9.34. The number of nitrogens with one attached hydrogen (secondary N) is 1. The first-order chi connectivity index (χ1) is 6.83. The van der Waals surface area contributed by atoms with Crippen LogP contribution in [0.2, 0.25) is 0 Å². The highest BCUT2D eigenvalue weighted by atomic mass is 16.3. The van der Waals surface area contributed by atoms with E-state index in [1.54, 1.807) is 0 Å². The number of likely N-dealkylation sites (tertiary alicyclic amines) is 1. The van der Waals surface area contributed by atoms with Crippen LogP contribution in [0.5, 0.6) is 0 Å². The van der Waals surface area contributed by atoms with Crippen molar-refractivity contribution in [1.29, 1.82) is 0 Å². The lowest BCUT2D eigenvalue weighted by Crippen LogP contribution is -2.38. The van der Waals surface area contributed by atoms with Gasteiger partial charge >= 0.3 is 0 Å². The second kappa shape index (κ2) is 7.21. The molecule has 3 heteroatoms. The van der Waals surface area contributed by atoms with Crippen molar-refractivity contribution < 1.29 is 5.11 Å². The van der Waals surface area contributed by atoms with Crippen LogP contribution in [0.15, 0.2) is 0 Å². The molecule has 1 unspecified atom stereocenters. The van der Waals surface area contributed by atoms with Gasteiger partial charge in [-0.25, -0.2) is 0 Å². The molecule has 0 aromatic rings. The molecule has 0 spiro atoms. The summed E-state index contributed by atoms with van der Waals surface area (Å²) in [5.74, 6) is 0. The molecule has 3 nitrogen and oxygen atoms in total. The standard InChI is InChI=1S/C11H24N2O/c1-2-12-9-11(14)10-13-7-5-3-4-6-8-13/h11-12,14H,2-10H2,1H3. The van der Waals surface area contributed by atoms with Crippen molar-refractivity contribution in [2.75, 3.05) is 32.7 Å². The Hall–Kier alpha value is -0.120. The molecular formula is C11H24N2O. The first kappa shape index (κ1) is 12.0. The van der Waals surface area contributed by atoms with Crippen LogP contribution in [0.4, 0.5) is 0 Å². The monoisotopic (exact) mass is 200 g/mol. The van der Waals surface area contributed by atoms with E-state index >= 15 is 0 Å². The maximum absolute atomic E-state index is 9.72. The quantitative estimate of drug-likeness (QED) is 0.690. The van der Waals surface area contributed by atoms with E-state index < -0.39 is 0 Å². The maximum Gasteiger partial charge on any atom is 0.0791 e. The van der Waals surface area contributed by atoms with Crippen molar-refractivity contribution in [2.24, 2.45) is 0 Å². The van der Waals surface area contributed by atoms with E-state index in [0.717, 1.165) is 19.6 Å². The average Bonchev–Trinajstić information content (AvgIpc) is 2.43. The SMILES string of the molecule is CCNCC(O)CN1CCCCCC1. The molecule has 1 fully saturated rings. The summed E-state index contributed by atoms with van der Waals surface area (Å²) >= 11 is 0. The Balaban J connectivity index is 2.13. The molecule has 0 bridgehead atoms. The van der Waals surface area contributed by atoms with Crippen LogP contribution in [0, 0.1) is 0 Å². The highest BCUT2D eigenvalue weighted by Gasteiger charge is 2.12. The smallest absolute Gasteiger partial charge is 0.0791 e. The lowest BCUT2D eigenvalue weighted by molar-refractivity contribution is 0.113. The van der Waals surface area contributed by atoms with Gasteiger partial charge in [0.25, 0.3) is 0 Å². The minimum atomic E-state index is -0.201. The van der Waals surface area contributed by atoms with Crippen LogP contribution < -0.4 is 5.32 Å². The lowest BCUT2D eigenvalue weighted by Gasteiger charge is -2.23. The van der Waals surface area contributed by atoms with Gasteiger partial charge < -0.3 is 15.3 Å². The Bertz CT molecular complexity index is 133. The maximum atomic E-state index is 9.72. The highest BCUT2D eigenvalue weighted by Crippen LogP contribution is 2.09. The Morgan fingerprint density at radius 2 is 1.86 bits per heavy atom. The molecule has 14 heavy (non-hydrogen) atoms. The number of hydrogen-bond acceptors (Lipinski definition) is 3. The predicted molar refractivity (Wildman–Crippen MR) is 59.5 cm³/mol. The van der Waals surface area contributed by atoms with Gasteiger partial charge in [0.05, 0.1) is 6.10 Å². The summed E-state index contributed by atoms with van der Waals surface area (Å²) in [5.41, 5.74) is 0. The van der Waals surface area contributed by atoms with E-state index in [0.29, 0.717) is 0 Å². The van der Waals surface area contributed by atoms with Crippen molar-refractivity contribution in [1.82, 2.24) is 10.2 Å². The van der Waals surface area contributed by atoms with E-state index in [9.17, 15) is 5.11 Å². The van der Waals surface area contributed by atoms with E-state index in [4.69, 9.17) is 0 Å². The summed E-state index contributed by atoms with van der Waals surface area (Å²) in [6.45, 7) is 6.92. The molecule has 1 aliphatic rings. The second-order valence-corrected chi connectivity index (χ2v) is 4.18. The number of rotatable bonds is 5. The molecular weight excluding hydrogens is 176 g/mol. The minimum absolute atomic E-state index is 0.201. The lowest BCUT2D eigenvalue weighted by atomic mass is 10.2. The molecule has 0 saturated carbocycles. The van der Waals surface area contributed by atoms with Gasteiger partial charge in [-0.05, 0) is 32.5 Å². The summed E-state index contributed by atoms with van der Waals surface area (Å²) in [6, 6.07) is 0. The van der Waals surface area contributed by atoms with Crippen LogP contribution in [0.3, 0.4) is 0 Å². The third-order valence-corrected chi connectivity index (χ3v) is 2.80. The topological polar surface area (TPSA) is 35.5 Å². The molecule has 1 heterocycles. The van der Waals surface area contributed by atoms with Gasteiger partial charge in [0.1, 0.15) is 0 Å². The van der Waals surface area contributed by atoms with Gasteiger partial charge in [-0.2, -0.15) is 0 Å². The Kier molecular flexibility index (Phi) is 6.15. The van der Waals surface area contributed by atoms with Crippen LogP contribution >= 0.6 is 0 Å². The first-order valence-corrected chi connectivity index (χ1v) is 5.94. The Morgan fingerprint density at radius 3 is 2.43 bits per heavy atom. The molecule has 2 N–H and O–H groups in total. The molecule has 84 valence electrons. The number of β-amino-alcohol motifs (C(OH)–C–C–N with tert-alkyl or cyclic N) is 1. The Labute approximate surface area is 87.5 Å². The van der Waals surface area contributed by atoms with Gasteiger partial charge in [0.2, 0.25) is 0 Å². The Morgan fingerprint density at radius 1 is 1.21 bits per heavy atom. The van der Waals surface area contributed by atoms with Gasteiger partial charge in [-0.15, -0.1) is 0 Å². The second-order valence-electron chi connectivity index (χ2n) is 4.18. The first-order valence-electron chi connectivity index (χ1n) is 5.94. The summed E-state index contributed by atoms with van der Waals surface area (Å²) in [7, 11) is 0. The van der Waals surface area contributed by atoms with Crippen LogP contribution in [-0.4, -0.2) is 48.8 Å². The predicted octanol–water partition coefficient (Wildman–Crippen LogP) is 0.833. The molecule has 0 aliphatic carbocycles. The number of hydrogen-bond donors (Lipinski definition) is 2. The largest absolute Gasteiger partial charge is 0.390 e. The van der Waals surface area contributed by atoms with Gasteiger partial charge in [0, 0.05) is 13.1 Å². The third-order valence-electron chi connectivity index (χ3n) is 2.80. The van der Waals surface area contributed by atoms with Crippen molar-refractivity contribution in [3.05, 3.63) is 0 Å². The zero-order valence-corrected chi connectivity index (χ0v) is 9.34. The third kappa shape index (κ3) is 4.94. The summed E-state index contributed by atoms with van der Waals surface area (Å²) in [5, 5.41) is 12.9. The van der Waals surface area contributed by atoms with Crippen molar-refractivity contribution in [3.63, 3.8) is 0 Å². The van der Waals surface area contributed by atoms with Crippen molar-refractivity contribution in [2.45, 2.75) is 38.7 Å². The molecule has 0 aromatic heterocycles. The van der Waals surface area contributed by atoms with E-state index in [1.807, 2.05) is 0 Å². The molecule has 0 radical (unpaired) electrons. The molecule has 0 aromatic carbocycles. The van der Waals surface area contributed by atoms with E-state index in [1.165, 1.54) is 38.8 Å². The molecule has 0 amide bonds. The molecule has 1 saturated heterocycles. The fourth-order valence-electron chi connectivity index (χ4n) is 1.99. The van der Waals surface area contributed by atoms with E-state index in [-0.39, 0.29) is 6.10 Å². The zero-order chi connectivity index (χ0) is 10.2. The van der Waals surface area contributed by atoms with Crippen LogP contribution in [0.25, 0.3) is 0 Å². The molecule has 1 atom stereocenters. The van der Waals surface area contributed by atoms with Crippen molar-refractivity contribution >= 4 is 0 Å². The van der Waals surface area contributed by atoms with Crippen molar-refractivity contribution in [3.8, 4) is 0 Å². The van der Waals surface area contributed by atoms with E-state index in [2.05, 4.69) is 17.1 Å².